The Morgan fingerprint density at radius 2 is 2.25 bits per heavy atom. The molecule has 20 heavy (non-hydrogen) atoms. The molecule has 2 aromatic heterocycles. The summed E-state index contributed by atoms with van der Waals surface area (Å²) < 4.78 is 6.91. The van der Waals surface area contributed by atoms with Crippen molar-refractivity contribution in [3.05, 3.63) is 36.0 Å². The van der Waals surface area contributed by atoms with Crippen LogP contribution in [0.1, 0.15) is 29.0 Å². The van der Waals surface area contributed by atoms with Crippen molar-refractivity contribution < 1.29 is 9.32 Å². The summed E-state index contributed by atoms with van der Waals surface area (Å²) in [5, 5.41) is 7.89. The van der Waals surface area contributed by atoms with Crippen LogP contribution in [0.3, 0.4) is 0 Å². The number of carbonyl (C=O) groups excluding carboxylic acids is 1. The van der Waals surface area contributed by atoms with Crippen molar-refractivity contribution in [1.82, 2.24) is 19.8 Å². The van der Waals surface area contributed by atoms with Crippen molar-refractivity contribution in [3.8, 4) is 0 Å². The number of piperidine rings is 1. The van der Waals surface area contributed by atoms with Gasteiger partial charge in [0.25, 0.3) is 5.91 Å². The smallest absolute Gasteiger partial charge is 0.292 e. The van der Waals surface area contributed by atoms with Crippen molar-refractivity contribution in [2.75, 3.05) is 13.1 Å². The van der Waals surface area contributed by atoms with Gasteiger partial charge in [0.2, 0.25) is 5.76 Å². The summed E-state index contributed by atoms with van der Waals surface area (Å²) in [5.41, 5.74) is 1.18. The van der Waals surface area contributed by atoms with Gasteiger partial charge >= 0.3 is 0 Å². The number of nitrogens with zero attached hydrogens (tertiary/aromatic N) is 4. The molecule has 0 radical (unpaired) electrons. The highest BCUT2D eigenvalue weighted by molar-refractivity contribution is 5.91. The van der Waals surface area contributed by atoms with E-state index in [2.05, 4.69) is 16.5 Å². The second-order valence-electron chi connectivity index (χ2n) is 5.35. The lowest BCUT2D eigenvalue weighted by molar-refractivity contribution is 0.0639. The van der Waals surface area contributed by atoms with Crippen LogP contribution < -0.4 is 0 Å². The molecule has 0 bridgehead atoms. The molecule has 1 aliphatic rings. The molecule has 0 N–H and O–H groups in total. The van der Waals surface area contributed by atoms with Crippen molar-refractivity contribution in [1.29, 1.82) is 0 Å². The topological polar surface area (TPSA) is 64.2 Å². The normalized spacial score (nSPS) is 16.6. The van der Waals surface area contributed by atoms with Crippen LogP contribution in [0.15, 0.2) is 29.2 Å². The highest BCUT2D eigenvalue weighted by atomic mass is 16.5. The van der Waals surface area contributed by atoms with Crippen LogP contribution in [-0.2, 0) is 6.54 Å². The van der Waals surface area contributed by atoms with Gasteiger partial charge in [-0.2, -0.15) is 5.10 Å². The molecule has 1 fully saturated rings. The van der Waals surface area contributed by atoms with Gasteiger partial charge in [0, 0.05) is 31.9 Å². The molecule has 6 nitrogen and oxygen atoms in total. The zero-order chi connectivity index (χ0) is 13.9. The highest BCUT2D eigenvalue weighted by Crippen LogP contribution is 2.20. The molecule has 0 atom stereocenters. The lowest BCUT2D eigenvalue weighted by atomic mass is 9.96. The number of hydrogen-bond donors (Lipinski definition) is 0. The van der Waals surface area contributed by atoms with E-state index >= 15 is 0 Å². The average molecular weight is 274 g/mol. The zero-order valence-corrected chi connectivity index (χ0v) is 11.5. The van der Waals surface area contributed by atoms with Gasteiger partial charge in [0.15, 0.2) is 0 Å². The van der Waals surface area contributed by atoms with Gasteiger partial charge in [-0.3, -0.25) is 9.48 Å². The first-order chi connectivity index (χ1) is 9.72. The molecule has 1 saturated heterocycles. The molecular formula is C14H18N4O2. The third-order valence-electron chi connectivity index (χ3n) is 3.76. The van der Waals surface area contributed by atoms with Crippen LogP contribution in [0.25, 0.3) is 0 Å². The Kier molecular flexibility index (Phi) is 3.54. The maximum Gasteiger partial charge on any atom is 0.292 e. The number of amides is 1. The van der Waals surface area contributed by atoms with Gasteiger partial charge in [-0.05, 0) is 31.2 Å². The fourth-order valence-corrected chi connectivity index (χ4v) is 2.63. The molecule has 2 aromatic rings. The summed E-state index contributed by atoms with van der Waals surface area (Å²) >= 11 is 0. The van der Waals surface area contributed by atoms with Gasteiger partial charge in [-0.15, -0.1) is 0 Å². The summed E-state index contributed by atoms with van der Waals surface area (Å²) in [7, 11) is 0. The largest absolute Gasteiger partial charge is 0.351 e. The van der Waals surface area contributed by atoms with Crippen molar-refractivity contribution in [3.63, 3.8) is 0 Å². The molecule has 106 valence electrons. The molecule has 0 saturated carbocycles. The summed E-state index contributed by atoms with van der Waals surface area (Å²) in [4.78, 5) is 13.9. The van der Waals surface area contributed by atoms with Gasteiger partial charge in [0.05, 0.1) is 12.4 Å². The monoisotopic (exact) mass is 274 g/mol. The second kappa shape index (κ2) is 5.48. The van der Waals surface area contributed by atoms with Gasteiger partial charge in [-0.25, -0.2) is 0 Å². The Hall–Kier alpha value is -2.11. The van der Waals surface area contributed by atoms with Crippen LogP contribution in [0, 0.1) is 12.8 Å². The molecule has 0 unspecified atom stereocenters. The number of hydrogen-bond acceptors (Lipinski definition) is 4. The van der Waals surface area contributed by atoms with Crippen molar-refractivity contribution >= 4 is 5.91 Å². The van der Waals surface area contributed by atoms with Crippen LogP contribution in [0.2, 0.25) is 0 Å². The van der Waals surface area contributed by atoms with E-state index in [0.717, 1.165) is 32.5 Å². The Labute approximate surface area is 117 Å². The molecule has 0 aromatic carbocycles. The number of rotatable bonds is 3. The Morgan fingerprint density at radius 1 is 1.45 bits per heavy atom. The maximum atomic E-state index is 12.1. The molecular weight excluding hydrogens is 256 g/mol. The summed E-state index contributed by atoms with van der Waals surface area (Å²) in [5.74, 6) is 0.843. The number of carbonyl (C=O) groups is 1. The summed E-state index contributed by atoms with van der Waals surface area (Å²) in [6.07, 6.45) is 7.44. The molecule has 3 heterocycles. The third-order valence-corrected chi connectivity index (χ3v) is 3.76. The Balaban J connectivity index is 1.53. The van der Waals surface area contributed by atoms with Gasteiger partial charge < -0.3 is 9.42 Å². The van der Waals surface area contributed by atoms with Gasteiger partial charge in [0.1, 0.15) is 0 Å². The lowest BCUT2D eigenvalue weighted by Crippen LogP contribution is -2.39. The zero-order valence-electron chi connectivity index (χ0n) is 11.5. The minimum Gasteiger partial charge on any atom is -0.351 e. The molecule has 0 spiro atoms. The van der Waals surface area contributed by atoms with E-state index in [4.69, 9.17) is 4.52 Å². The minimum atomic E-state index is -0.0594. The van der Waals surface area contributed by atoms with Gasteiger partial charge in [-0.1, -0.05) is 5.16 Å². The Morgan fingerprint density at radius 3 is 2.85 bits per heavy atom. The Bertz CT molecular complexity index is 568. The predicted molar refractivity (Wildman–Crippen MR) is 72.1 cm³/mol. The molecule has 0 aliphatic carbocycles. The average Bonchev–Trinajstić information content (AvgIpc) is 3.11. The number of aromatic nitrogens is 3. The first kappa shape index (κ1) is 12.9. The third kappa shape index (κ3) is 2.74. The van der Waals surface area contributed by atoms with E-state index in [-0.39, 0.29) is 5.91 Å². The molecule has 1 aliphatic heterocycles. The predicted octanol–water partition coefficient (Wildman–Crippen LogP) is 1.73. The van der Waals surface area contributed by atoms with E-state index in [1.165, 1.54) is 11.8 Å². The summed E-state index contributed by atoms with van der Waals surface area (Å²) in [6.45, 7) is 4.51. The highest BCUT2D eigenvalue weighted by Gasteiger charge is 2.25. The molecule has 6 heteroatoms. The van der Waals surface area contributed by atoms with Crippen LogP contribution in [0.4, 0.5) is 0 Å². The van der Waals surface area contributed by atoms with E-state index in [9.17, 15) is 4.79 Å². The van der Waals surface area contributed by atoms with E-state index < -0.39 is 0 Å². The lowest BCUT2D eigenvalue weighted by Gasteiger charge is -2.31. The fourth-order valence-electron chi connectivity index (χ4n) is 2.63. The first-order valence-electron chi connectivity index (χ1n) is 6.91. The SMILES string of the molecule is Cc1cnn(CC2CCN(C(=O)c3ccno3)CC2)c1. The molecule has 3 rings (SSSR count). The number of aryl methyl sites for hydroxylation is 1. The van der Waals surface area contributed by atoms with E-state index in [0.29, 0.717) is 11.7 Å². The van der Waals surface area contributed by atoms with Crippen molar-refractivity contribution in [2.24, 2.45) is 5.92 Å². The maximum absolute atomic E-state index is 12.1. The fraction of sp³-hybridized carbons (Fsp3) is 0.500. The van der Waals surface area contributed by atoms with Crippen LogP contribution in [-0.4, -0.2) is 38.8 Å². The van der Waals surface area contributed by atoms with Crippen molar-refractivity contribution in [2.45, 2.75) is 26.3 Å². The van der Waals surface area contributed by atoms with E-state index in [1.807, 2.05) is 22.7 Å². The standard InChI is InChI=1S/C14H18N4O2/c1-11-8-15-18(9-11)10-12-3-6-17(7-4-12)14(19)13-2-5-16-20-13/h2,5,8-9,12H,3-4,6-7,10H2,1H3. The molecule has 1 amide bonds. The van der Waals surface area contributed by atoms with Crippen LogP contribution >= 0.6 is 0 Å². The van der Waals surface area contributed by atoms with Crippen LogP contribution in [0.5, 0.6) is 0 Å². The summed E-state index contributed by atoms with van der Waals surface area (Å²) in [6, 6.07) is 1.61. The second-order valence-corrected chi connectivity index (χ2v) is 5.35. The first-order valence-corrected chi connectivity index (χ1v) is 6.91. The van der Waals surface area contributed by atoms with E-state index in [1.54, 1.807) is 6.07 Å². The minimum absolute atomic E-state index is 0.0594. The number of likely N-dealkylation sites (tertiary alicyclic amines) is 1. The quantitative estimate of drug-likeness (QED) is 0.855.